The van der Waals surface area contributed by atoms with Gasteiger partial charge in [0.05, 0.1) is 48.7 Å². The number of hydrogen-bond donors (Lipinski definition) is 3. The van der Waals surface area contributed by atoms with E-state index >= 15 is 0 Å². The molecule has 0 unspecified atom stereocenters. The summed E-state index contributed by atoms with van der Waals surface area (Å²) in [5, 5.41) is 15.0. The van der Waals surface area contributed by atoms with Crippen molar-refractivity contribution >= 4 is 34.2 Å². The van der Waals surface area contributed by atoms with Crippen LogP contribution in [0, 0.1) is 5.92 Å². The van der Waals surface area contributed by atoms with Crippen LogP contribution >= 0.6 is 0 Å². The van der Waals surface area contributed by atoms with Crippen LogP contribution in [0.25, 0.3) is 22.0 Å². The van der Waals surface area contributed by atoms with Crippen molar-refractivity contribution in [1.29, 1.82) is 0 Å². The summed E-state index contributed by atoms with van der Waals surface area (Å²) in [4.78, 5) is 38.4. The summed E-state index contributed by atoms with van der Waals surface area (Å²) in [5.41, 5.74) is 9.62. The number of pyridine rings is 1. The zero-order valence-corrected chi connectivity index (χ0v) is 24.1. The smallest absolute Gasteiger partial charge is 0.338 e. The van der Waals surface area contributed by atoms with Crippen LogP contribution in [0.2, 0.25) is 0 Å². The van der Waals surface area contributed by atoms with Gasteiger partial charge in [-0.3, -0.25) is 9.78 Å². The van der Waals surface area contributed by atoms with Gasteiger partial charge in [0, 0.05) is 29.0 Å². The highest BCUT2D eigenvalue weighted by atomic mass is 16.5. The van der Waals surface area contributed by atoms with Crippen LogP contribution in [0.4, 0.5) is 11.4 Å². The maximum Gasteiger partial charge on any atom is 0.338 e. The molecular formula is C32H33N5O6. The fourth-order valence-corrected chi connectivity index (χ4v) is 5.60. The van der Waals surface area contributed by atoms with Crippen LogP contribution in [0.15, 0.2) is 42.7 Å². The third-order valence-corrected chi connectivity index (χ3v) is 8.08. The van der Waals surface area contributed by atoms with Gasteiger partial charge in [-0.15, -0.1) is 0 Å². The first kappa shape index (κ1) is 28.2. The van der Waals surface area contributed by atoms with E-state index in [4.69, 9.17) is 19.9 Å². The lowest BCUT2D eigenvalue weighted by atomic mass is 9.95. The van der Waals surface area contributed by atoms with Gasteiger partial charge in [-0.2, -0.15) is 4.98 Å². The number of amides is 1. The molecule has 0 spiro atoms. The van der Waals surface area contributed by atoms with Crippen molar-refractivity contribution in [3.05, 3.63) is 59.4 Å². The number of nitrogens with one attached hydrogen (secondary N) is 1. The molecule has 2 aliphatic carbocycles. The highest BCUT2D eigenvalue weighted by molar-refractivity contribution is 6.09. The minimum Gasteiger partial charge on any atom is -0.507 e. The fraction of sp³-hybridized carbons (Fsp3) is 0.344. The summed E-state index contributed by atoms with van der Waals surface area (Å²) in [6.07, 6.45) is 9.40. The van der Waals surface area contributed by atoms with E-state index in [1.54, 1.807) is 12.1 Å². The Morgan fingerprint density at radius 1 is 0.977 bits per heavy atom. The number of aromatic hydroxyl groups is 1. The number of rotatable bonds is 10. The standard InChI is InChI=1S/C32H33N5O6/c1-41-30-24(14-35-32(37-30)42-2)22-12-26-23(13-27(22)38)28(25(15-34-26)29(33)39)36-21-10-19(18-5-3-4-6-18)9-20(11-21)31(40)43-16-17-7-8-17/h9-15,17-18,38H,3-8,16H2,1-2H3,(H2,33,39)(H,34,36). The number of aromatic nitrogens is 3. The molecule has 11 nitrogen and oxygen atoms in total. The summed E-state index contributed by atoms with van der Waals surface area (Å²) in [6, 6.07) is 8.91. The normalized spacial score (nSPS) is 14.9. The Kier molecular flexibility index (Phi) is 7.71. The molecule has 2 aliphatic rings. The molecule has 2 aromatic heterocycles. The Labute approximate surface area is 248 Å². The highest BCUT2D eigenvalue weighted by Gasteiger charge is 2.25. The van der Waals surface area contributed by atoms with Crippen molar-refractivity contribution in [1.82, 2.24) is 15.0 Å². The summed E-state index contributed by atoms with van der Waals surface area (Å²) < 4.78 is 16.1. The largest absolute Gasteiger partial charge is 0.507 e. The topological polar surface area (TPSA) is 159 Å². The number of ether oxygens (including phenoxy) is 3. The Bertz CT molecular complexity index is 1710. The van der Waals surface area contributed by atoms with Crippen molar-refractivity contribution in [2.45, 2.75) is 44.4 Å². The first-order valence-electron chi connectivity index (χ1n) is 14.3. The van der Waals surface area contributed by atoms with Gasteiger partial charge < -0.3 is 30.4 Å². The summed E-state index contributed by atoms with van der Waals surface area (Å²) >= 11 is 0. The van der Waals surface area contributed by atoms with Crippen molar-refractivity contribution in [2.75, 3.05) is 26.1 Å². The molecule has 6 rings (SSSR count). The van der Waals surface area contributed by atoms with Gasteiger partial charge in [0.15, 0.2) is 0 Å². The van der Waals surface area contributed by atoms with E-state index in [0.29, 0.717) is 57.4 Å². The van der Waals surface area contributed by atoms with Crippen molar-refractivity contribution in [3.63, 3.8) is 0 Å². The molecule has 1 amide bonds. The van der Waals surface area contributed by atoms with E-state index in [0.717, 1.165) is 44.1 Å². The van der Waals surface area contributed by atoms with Crippen molar-refractivity contribution < 1.29 is 28.9 Å². The minimum atomic E-state index is -0.693. The predicted octanol–water partition coefficient (Wildman–Crippen LogP) is 5.48. The zero-order valence-electron chi connectivity index (χ0n) is 24.1. The first-order valence-corrected chi connectivity index (χ1v) is 14.3. The second-order valence-electron chi connectivity index (χ2n) is 11.1. The van der Waals surface area contributed by atoms with Crippen LogP contribution in [-0.4, -0.2) is 52.8 Å². The Morgan fingerprint density at radius 3 is 2.47 bits per heavy atom. The number of phenols is 1. The number of nitrogens with zero attached hydrogens (tertiary/aromatic N) is 3. The number of esters is 1. The molecule has 43 heavy (non-hydrogen) atoms. The highest BCUT2D eigenvalue weighted by Crippen LogP contribution is 2.41. The number of anilines is 2. The van der Waals surface area contributed by atoms with Crippen LogP contribution in [0.5, 0.6) is 17.6 Å². The SMILES string of the molecule is COc1ncc(-c2cc3ncc(C(N)=O)c(Nc4cc(C(=O)OCC5CC5)cc(C5CCCC5)c4)c3cc2O)c(OC)n1. The molecule has 0 saturated heterocycles. The Morgan fingerprint density at radius 2 is 1.77 bits per heavy atom. The summed E-state index contributed by atoms with van der Waals surface area (Å²) in [6.45, 7) is 0.418. The molecule has 11 heteroatoms. The van der Waals surface area contributed by atoms with Gasteiger partial charge in [0.2, 0.25) is 5.88 Å². The monoisotopic (exact) mass is 583 g/mol. The van der Waals surface area contributed by atoms with Gasteiger partial charge in [0.25, 0.3) is 5.91 Å². The zero-order chi connectivity index (χ0) is 30.1. The molecule has 2 fully saturated rings. The second-order valence-corrected chi connectivity index (χ2v) is 11.1. The van der Waals surface area contributed by atoms with E-state index in [1.807, 2.05) is 12.1 Å². The van der Waals surface area contributed by atoms with Crippen molar-refractivity contribution in [3.8, 4) is 28.8 Å². The molecule has 0 atom stereocenters. The van der Waals surface area contributed by atoms with E-state index in [2.05, 4.69) is 20.3 Å². The third-order valence-electron chi connectivity index (χ3n) is 8.08. The van der Waals surface area contributed by atoms with Gasteiger partial charge in [-0.05, 0) is 73.4 Å². The average molecular weight is 584 g/mol. The van der Waals surface area contributed by atoms with E-state index in [-0.39, 0.29) is 29.2 Å². The number of carbonyl (C=O) groups is 2. The molecule has 2 heterocycles. The number of methoxy groups -OCH3 is 2. The fourth-order valence-electron chi connectivity index (χ4n) is 5.60. The first-order chi connectivity index (χ1) is 20.8. The Balaban J connectivity index is 1.43. The van der Waals surface area contributed by atoms with Crippen LogP contribution < -0.4 is 20.5 Å². The number of nitrogens with two attached hydrogens (primary N) is 1. The van der Waals surface area contributed by atoms with E-state index in [9.17, 15) is 14.7 Å². The molecule has 0 radical (unpaired) electrons. The lowest BCUT2D eigenvalue weighted by Gasteiger charge is -2.18. The quantitative estimate of drug-likeness (QED) is 0.204. The number of benzene rings is 2. The van der Waals surface area contributed by atoms with Gasteiger partial charge >= 0.3 is 12.0 Å². The maximum atomic E-state index is 13.1. The van der Waals surface area contributed by atoms with Crippen molar-refractivity contribution in [2.24, 2.45) is 11.7 Å². The number of primary amides is 1. The lowest BCUT2D eigenvalue weighted by molar-refractivity contribution is 0.0486. The Hall–Kier alpha value is -4.93. The molecule has 0 aliphatic heterocycles. The molecule has 4 aromatic rings. The number of carbonyl (C=O) groups excluding carboxylic acids is 2. The molecule has 0 bridgehead atoms. The second kappa shape index (κ2) is 11.7. The summed E-state index contributed by atoms with van der Waals surface area (Å²) in [5.74, 6) is -0.199. The van der Waals surface area contributed by atoms with Crippen LogP contribution in [0.3, 0.4) is 0 Å². The molecule has 2 saturated carbocycles. The molecule has 4 N–H and O–H groups in total. The third kappa shape index (κ3) is 5.88. The average Bonchev–Trinajstić information content (AvgIpc) is 3.68. The van der Waals surface area contributed by atoms with Gasteiger partial charge in [-0.1, -0.05) is 12.8 Å². The van der Waals surface area contributed by atoms with Gasteiger partial charge in [0.1, 0.15) is 5.75 Å². The molecule has 2 aromatic carbocycles. The van der Waals surface area contributed by atoms with Crippen LogP contribution in [0.1, 0.15) is 70.7 Å². The summed E-state index contributed by atoms with van der Waals surface area (Å²) in [7, 11) is 2.90. The number of fused-ring (bicyclic) bond motifs is 1. The lowest BCUT2D eigenvalue weighted by Crippen LogP contribution is -2.14. The number of phenolic OH excluding ortho intramolecular Hbond substituents is 1. The van der Waals surface area contributed by atoms with E-state index < -0.39 is 5.91 Å². The predicted molar refractivity (Wildman–Crippen MR) is 160 cm³/mol. The van der Waals surface area contributed by atoms with Crippen LogP contribution in [-0.2, 0) is 4.74 Å². The van der Waals surface area contributed by atoms with E-state index in [1.165, 1.54) is 32.7 Å². The molecule has 222 valence electrons. The number of hydrogen-bond acceptors (Lipinski definition) is 10. The minimum absolute atomic E-state index is 0.116. The maximum absolute atomic E-state index is 13.1. The van der Waals surface area contributed by atoms with Gasteiger partial charge in [-0.25, -0.2) is 9.78 Å². The molecular weight excluding hydrogens is 550 g/mol.